The lowest BCUT2D eigenvalue weighted by molar-refractivity contribution is -0.159. The normalized spacial score (nSPS) is 19.6. The molecule has 2 heterocycles. The molecule has 0 unspecified atom stereocenters. The smallest absolute Gasteiger partial charge is 0.255 e. The van der Waals surface area contributed by atoms with Crippen LogP contribution in [0.15, 0.2) is 24.3 Å². The molecule has 1 aromatic carbocycles. The van der Waals surface area contributed by atoms with Gasteiger partial charge in [-0.1, -0.05) is 0 Å². The molecule has 0 aliphatic carbocycles. The molecule has 2 N–H and O–H groups in total. The number of hydrogen-bond donors (Lipinski definition) is 2. The van der Waals surface area contributed by atoms with Crippen molar-refractivity contribution in [2.45, 2.75) is 18.4 Å². The second-order valence-electron chi connectivity index (χ2n) is 6.58. The average Bonchev–Trinajstić information content (AvgIpc) is 2.68. The highest BCUT2D eigenvalue weighted by molar-refractivity contribution is 5.94. The predicted octanol–water partition coefficient (Wildman–Crippen LogP) is 0.867. The number of benzene rings is 1. The third kappa shape index (κ3) is 4.11. The zero-order chi connectivity index (χ0) is 17.9. The Morgan fingerprint density at radius 3 is 2.12 bits per heavy atom. The highest BCUT2D eigenvalue weighted by Gasteiger charge is 2.43. The number of phenols is 1. The van der Waals surface area contributed by atoms with E-state index < -0.39 is 5.60 Å². The molecule has 2 amide bonds. The van der Waals surface area contributed by atoms with E-state index in [1.807, 2.05) is 4.90 Å². The number of hydrogen-bond acceptors (Lipinski definition) is 5. The molecule has 0 saturated carbocycles. The van der Waals surface area contributed by atoms with E-state index in [2.05, 4.69) is 5.32 Å². The molecule has 0 atom stereocenters. The van der Waals surface area contributed by atoms with Crippen LogP contribution in [-0.4, -0.2) is 78.7 Å². The maximum atomic E-state index is 12.9. The van der Waals surface area contributed by atoms with Gasteiger partial charge in [-0.15, -0.1) is 12.4 Å². The van der Waals surface area contributed by atoms with Crippen molar-refractivity contribution in [1.82, 2.24) is 15.1 Å². The molecular weight excluding hydrogens is 358 g/mol. The Labute approximate surface area is 159 Å². The van der Waals surface area contributed by atoms with E-state index in [0.717, 1.165) is 13.1 Å². The number of ether oxygens (including phenoxy) is 1. The number of nitrogens with one attached hydrogen (secondary N) is 1. The molecule has 8 heteroatoms. The Balaban J connectivity index is 0.00000243. The molecule has 2 aliphatic heterocycles. The molecule has 2 saturated heterocycles. The number of aromatic hydroxyl groups is 1. The highest BCUT2D eigenvalue weighted by Crippen LogP contribution is 2.26. The summed E-state index contributed by atoms with van der Waals surface area (Å²) in [7, 11) is 1.60. The van der Waals surface area contributed by atoms with Gasteiger partial charge in [-0.3, -0.25) is 9.59 Å². The first-order valence-electron chi connectivity index (χ1n) is 8.69. The third-order valence-electron chi connectivity index (χ3n) is 5.16. The van der Waals surface area contributed by atoms with Crippen LogP contribution in [0.25, 0.3) is 0 Å². The van der Waals surface area contributed by atoms with Gasteiger partial charge in [-0.05, 0) is 50.2 Å². The number of methoxy groups -OCH3 is 1. The standard InChI is InChI=1S/C18H25N3O4.ClH/c1-25-18(6-8-19-9-7-18)17(24)21-12-10-20(11-13-21)16(23)14-2-4-15(22)5-3-14;/h2-5,19,22H,6-13H2,1H3;1H. The molecule has 2 fully saturated rings. The van der Waals surface area contributed by atoms with Gasteiger partial charge >= 0.3 is 0 Å². The monoisotopic (exact) mass is 383 g/mol. The van der Waals surface area contributed by atoms with Gasteiger partial charge in [0, 0.05) is 38.9 Å². The summed E-state index contributed by atoms with van der Waals surface area (Å²) in [6.07, 6.45) is 1.35. The maximum Gasteiger partial charge on any atom is 0.255 e. The van der Waals surface area contributed by atoms with E-state index in [9.17, 15) is 14.7 Å². The number of halogens is 1. The number of phenolic OH excluding ortho intramolecular Hbond substituents is 1. The molecule has 0 aromatic heterocycles. The number of carbonyl (C=O) groups is 2. The summed E-state index contributed by atoms with van der Waals surface area (Å²) < 4.78 is 5.61. The minimum absolute atomic E-state index is 0. The third-order valence-corrected chi connectivity index (χ3v) is 5.16. The van der Waals surface area contributed by atoms with Crippen LogP contribution in [0.3, 0.4) is 0 Å². The van der Waals surface area contributed by atoms with Crippen LogP contribution in [0.5, 0.6) is 5.75 Å². The molecule has 2 aliphatic rings. The molecule has 0 radical (unpaired) electrons. The lowest BCUT2D eigenvalue weighted by Gasteiger charge is -2.42. The van der Waals surface area contributed by atoms with Crippen molar-refractivity contribution >= 4 is 24.2 Å². The number of amides is 2. The molecular formula is C18H26ClN3O4. The topological polar surface area (TPSA) is 82.1 Å². The van der Waals surface area contributed by atoms with Gasteiger partial charge in [-0.25, -0.2) is 0 Å². The number of piperazine rings is 1. The fraction of sp³-hybridized carbons (Fsp3) is 0.556. The fourth-order valence-electron chi connectivity index (χ4n) is 3.52. The van der Waals surface area contributed by atoms with E-state index in [4.69, 9.17) is 4.74 Å². The summed E-state index contributed by atoms with van der Waals surface area (Å²) in [5, 5.41) is 12.6. The van der Waals surface area contributed by atoms with Crippen LogP contribution in [0, 0.1) is 0 Å². The molecule has 0 bridgehead atoms. The summed E-state index contributed by atoms with van der Waals surface area (Å²) in [6, 6.07) is 6.24. The first-order chi connectivity index (χ1) is 12.1. The van der Waals surface area contributed by atoms with Crippen molar-refractivity contribution in [2.75, 3.05) is 46.4 Å². The largest absolute Gasteiger partial charge is 0.508 e. The highest BCUT2D eigenvalue weighted by atomic mass is 35.5. The maximum absolute atomic E-state index is 12.9. The van der Waals surface area contributed by atoms with Gasteiger partial charge < -0.3 is 25.0 Å². The van der Waals surface area contributed by atoms with Crippen LogP contribution in [0.4, 0.5) is 0 Å². The second kappa shape index (κ2) is 8.70. The van der Waals surface area contributed by atoms with Crippen molar-refractivity contribution in [3.63, 3.8) is 0 Å². The predicted molar refractivity (Wildman–Crippen MR) is 99.7 cm³/mol. The Bertz CT molecular complexity index is 624. The van der Waals surface area contributed by atoms with Crippen LogP contribution in [0.1, 0.15) is 23.2 Å². The molecule has 26 heavy (non-hydrogen) atoms. The summed E-state index contributed by atoms with van der Waals surface area (Å²) in [5.74, 6) is 0.0995. The van der Waals surface area contributed by atoms with Crippen molar-refractivity contribution in [1.29, 1.82) is 0 Å². The zero-order valence-corrected chi connectivity index (χ0v) is 15.8. The van der Waals surface area contributed by atoms with Crippen LogP contribution < -0.4 is 5.32 Å². The molecule has 7 nitrogen and oxygen atoms in total. The average molecular weight is 384 g/mol. The quantitative estimate of drug-likeness (QED) is 0.809. The van der Waals surface area contributed by atoms with Gasteiger partial charge in [-0.2, -0.15) is 0 Å². The Morgan fingerprint density at radius 1 is 1.04 bits per heavy atom. The van der Waals surface area contributed by atoms with E-state index in [-0.39, 0.29) is 30.0 Å². The Hall–Kier alpha value is -1.83. The number of rotatable bonds is 3. The van der Waals surface area contributed by atoms with E-state index in [0.29, 0.717) is 44.6 Å². The second-order valence-corrected chi connectivity index (χ2v) is 6.58. The first kappa shape index (κ1) is 20.5. The number of nitrogens with zero attached hydrogens (tertiary/aromatic N) is 2. The first-order valence-corrected chi connectivity index (χ1v) is 8.69. The lowest BCUT2D eigenvalue weighted by Crippen LogP contribution is -2.59. The van der Waals surface area contributed by atoms with E-state index in [1.54, 1.807) is 24.1 Å². The summed E-state index contributed by atoms with van der Waals surface area (Å²) in [4.78, 5) is 29.0. The number of piperidine rings is 1. The zero-order valence-electron chi connectivity index (χ0n) is 14.9. The Kier molecular flexibility index (Phi) is 6.86. The van der Waals surface area contributed by atoms with Crippen LogP contribution in [-0.2, 0) is 9.53 Å². The van der Waals surface area contributed by atoms with Crippen molar-refractivity contribution < 1.29 is 19.4 Å². The lowest BCUT2D eigenvalue weighted by atomic mass is 9.90. The van der Waals surface area contributed by atoms with Gasteiger partial charge in [0.15, 0.2) is 0 Å². The molecule has 1 aromatic rings. The van der Waals surface area contributed by atoms with Crippen molar-refractivity contribution in [3.05, 3.63) is 29.8 Å². The van der Waals surface area contributed by atoms with E-state index >= 15 is 0 Å². The van der Waals surface area contributed by atoms with Gasteiger partial charge in [0.25, 0.3) is 11.8 Å². The molecule has 3 rings (SSSR count). The van der Waals surface area contributed by atoms with Gasteiger partial charge in [0.2, 0.25) is 0 Å². The fourth-order valence-corrected chi connectivity index (χ4v) is 3.52. The van der Waals surface area contributed by atoms with Crippen molar-refractivity contribution in [2.24, 2.45) is 0 Å². The van der Waals surface area contributed by atoms with Gasteiger partial charge in [0.1, 0.15) is 11.4 Å². The molecule has 144 valence electrons. The summed E-state index contributed by atoms with van der Waals surface area (Å²) >= 11 is 0. The minimum Gasteiger partial charge on any atom is -0.508 e. The van der Waals surface area contributed by atoms with E-state index in [1.165, 1.54) is 12.1 Å². The Morgan fingerprint density at radius 2 is 1.58 bits per heavy atom. The minimum atomic E-state index is -0.728. The molecule has 0 spiro atoms. The number of carbonyl (C=O) groups excluding carboxylic acids is 2. The summed E-state index contributed by atoms with van der Waals surface area (Å²) in [5.41, 5.74) is -0.182. The van der Waals surface area contributed by atoms with Crippen molar-refractivity contribution in [3.8, 4) is 5.75 Å². The van der Waals surface area contributed by atoms with Crippen LogP contribution >= 0.6 is 12.4 Å². The summed E-state index contributed by atoms with van der Waals surface area (Å²) in [6.45, 7) is 3.59. The van der Waals surface area contributed by atoms with Crippen LogP contribution in [0.2, 0.25) is 0 Å². The van der Waals surface area contributed by atoms with Gasteiger partial charge in [0.05, 0.1) is 0 Å². The SMILES string of the molecule is COC1(C(=O)N2CCN(C(=O)c3ccc(O)cc3)CC2)CCNCC1.Cl.